The van der Waals surface area contributed by atoms with Crippen molar-refractivity contribution in [3.05, 3.63) is 47.9 Å². The third-order valence-corrected chi connectivity index (χ3v) is 3.78. The maximum Gasteiger partial charge on any atom is 0.142 e. The van der Waals surface area contributed by atoms with Gasteiger partial charge in [-0.1, -0.05) is 6.07 Å². The highest BCUT2D eigenvalue weighted by atomic mass is 32.1. The lowest BCUT2D eigenvalue weighted by Gasteiger charge is -1.99. The Kier molecular flexibility index (Phi) is 3.73. The van der Waals surface area contributed by atoms with E-state index in [9.17, 15) is 0 Å². The van der Waals surface area contributed by atoms with Crippen LogP contribution in [0.1, 0.15) is 12.6 Å². The van der Waals surface area contributed by atoms with Gasteiger partial charge in [-0.3, -0.25) is 9.67 Å². The molecule has 0 amide bonds. The first kappa shape index (κ1) is 12.8. The zero-order chi connectivity index (χ0) is 13.8. The normalized spacial score (nSPS) is 10.7. The second-order valence-electron chi connectivity index (χ2n) is 4.30. The van der Waals surface area contributed by atoms with E-state index in [1.807, 2.05) is 35.3 Å². The molecule has 0 spiro atoms. The highest BCUT2D eigenvalue weighted by Gasteiger charge is 2.05. The van der Waals surface area contributed by atoms with Crippen LogP contribution in [0, 0.1) is 0 Å². The summed E-state index contributed by atoms with van der Waals surface area (Å²) in [4.78, 5) is 8.90. The molecule has 0 aliphatic rings. The van der Waals surface area contributed by atoms with Gasteiger partial charge < -0.3 is 5.32 Å². The highest BCUT2D eigenvalue weighted by Crippen LogP contribution is 2.21. The maximum atomic E-state index is 4.59. The maximum absolute atomic E-state index is 4.59. The molecule has 1 N–H and O–H groups in total. The second kappa shape index (κ2) is 5.83. The molecule has 20 heavy (non-hydrogen) atoms. The summed E-state index contributed by atoms with van der Waals surface area (Å²) < 4.78 is 1.89. The number of rotatable bonds is 5. The minimum atomic E-state index is 0.693. The van der Waals surface area contributed by atoms with E-state index < -0.39 is 0 Å². The first-order valence-corrected chi connectivity index (χ1v) is 7.35. The van der Waals surface area contributed by atoms with Gasteiger partial charge in [0.1, 0.15) is 5.01 Å². The molecule has 6 heteroatoms. The third-order valence-electron chi connectivity index (χ3n) is 2.87. The van der Waals surface area contributed by atoms with Gasteiger partial charge in [0.2, 0.25) is 0 Å². The molecule has 0 aliphatic carbocycles. The molecule has 0 aliphatic heterocycles. The Labute approximate surface area is 121 Å². The lowest BCUT2D eigenvalue weighted by Crippen LogP contribution is -1.99. The molecular formula is C14H15N5S. The van der Waals surface area contributed by atoms with Gasteiger partial charge in [0.25, 0.3) is 0 Å². The zero-order valence-corrected chi connectivity index (χ0v) is 12.0. The predicted molar refractivity (Wildman–Crippen MR) is 80.6 cm³/mol. The van der Waals surface area contributed by atoms with Gasteiger partial charge in [-0.25, -0.2) is 4.98 Å². The number of aromatic nitrogens is 4. The van der Waals surface area contributed by atoms with Crippen LogP contribution in [-0.2, 0) is 13.1 Å². The summed E-state index contributed by atoms with van der Waals surface area (Å²) in [5, 5.41) is 10.6. The number of hydrogen-bond donors (Lipinski definition) is 1. The number of pyridine rings is 1. The van der Waals surface area contributed by atoms with Crippen molar-refractivity contribution in [1.29, 1.82) is 0 Å². The first-order valence-electron chi connectivity index (χ1n) is 6.47. The first-order chi connectivity index (χ1) is 9.85. The molecule has 0 saturated heterocycles. The lowest BCUT2D eigenvalue weighted by molar-refractivity contribution is 0.660. The Morgan fingerprint density at radius 1 is 1.35 bits per heavy atom. The number of anilines is 1. The molecule has 3 heterocycles. The summed E-state index contributed by atoms with van der Waals surface area (Å²) in [6.07, 6.45) is 5.61. The van der Waals surface area contributed by atoms with E-state index in [-0.39, 0.29) is 0 Å². The van der Waals surface area contributed by atoms with Crippen molar-refractivity contribution in [2.75, 3.05) is 5.32 Å². The molecule has 0 saturated carbocycles. The Balaban J connectivity index is 1.65. The fourth-order valence-electron chi connectivity index (χ4n) is 1.82. The molecule has 0 unspecified atom stereocenters. The molecular weight excluding hydrogens is 270 g/mol. The number of hydrogen-bond acceptors (Lipinski definition) is 5. The van der Waals surface area contributed by atoms with E-state index in [1.54, 1.807) is 17.5 Å². The predicted octanol–water partition coefficient (Wildman–Crippen LogP) is 3.03. The van der Waals surface area contributed by atoms with Crippen LogP contribution in [0.15, 0.2) is 42.2 Å². The largest absolute Gasteiger partial charge is 0.377 e. The van der Waals surface area contributed by atoms with E-state index in [0.717, 1.165) is 28.6 Å². The highest BCUT2D eigenvalue weighted by molar-refractivity contribution is 7.13. The molecule has 0 fully saturated rings. The molecule has 0 atom stereocenters. The topological polar surface area (TPSA) is 55.6 Å². The Morgan fingerprint density at radius 3 is 3.05 bits per heavy atom. The van der Waals surface area contributed by atoms with Crippen LogP contribution in [0.25, 0.3) is 10.7 Å². The Bertz CT molecular complexity index is 674. The molecule has 0 aromatic carbocycles. The van der Waals surface area contributed by atoms with Crippen LogP contribution in [0.3, 0.4) is 0 Å². The van der Waals surface area contributed by atoms with Crippen molar-refractivity contribution >= 4 is 17.0 Å². The molecule has 3 aromatic rings. The van der Waals surface area contributed by atoms with Crippen molar-refractivity contribution < 1.29 is 0 Å². The van der Waals surface area contributed by atoms with Gasteiger partial charge in [0, 0.05) is 24.3 Å². The standard InChI is InChI=1S/C14H15N5S/c1-2-19-9-11(8-17-19)16-7-12-10-20-14(18-12)13-5-3-4-6-15-13/h3-6,8-10,16H,2,7H2,1H3. The molecule has 0 bridgehead atoms. The molecule has 3 rings (SSSR count). The minimum Gasteiger partial charge on any atom is -0.377 e. The summed E-state index contributed by atoms with van der Waals surface area (Å²) >= 11 is 1.61. The average molecular weight is 285 g/mol. The Morgan fingerprint density at radius 2 is 2.30 bits per heavy atom. The van der Waals surface area contributed by atoms with Crippen LogP contribution in [0.4, 0.5) is 5.69 Å². The van der Waals surface area contributed by atoms with Gasteiger partial charge in [0.05, 0.1) is 29.8 Å². The van der Waals surface area contributed by atoms with Crippen LogP contribution < -0.4 is 5.32 Å². The second-order valence-corrected chi connectivity index (χ2v) is 5.16. The monoisotopic (exact) mass is 285 g/mol. The summed E-state index contributed by atoms with van der Waals surface area (Å²) in [5.41, 5.74) is 2.95. The molecule has 3 aromatic heterocycles. The van der Waals surface area contributed by atoms with Crippen molar-refractivity contribution in [2.45, 2.75) is 20.0 Å². The van der Waals surface area contributed by atoms with Gasteiger partial charge in [0.15, 0.2) is 0 Å². The van der Waals surface area contributed by atoms with Gasteiger partial charge in [-0.2, -0.15) is 5.10 Å². The van der Waals surface area contributed by atoms with Crippen molar-refractivity contribution in [2.24, 2.45) is 0 Å². The SMILES string of the molecule is CCn1cc(NCc2csc(-c3ccccn3)n2)cn1. The molecule has 0 radical (unpaired) electrons. The third kappa shape index (κ3) is 2.85. The van der Waals surface area contributed by atoms with Crippen molar-refractivity contribution in [3.8, 4) is 10.7 Å². The quantitative estimate of drug-likeness (QED) is 0.783. The number of thiazole rings is 1. The van der Waals surface area contributed by atoms with E-state index >= 15 is 0 Å². The zero-order valence-electron chi connectivity index (χ0n) is 11.2. The molecule has 5 nitrogen and oxygen atoms in total. The van der Waals surface area contributed by atoms with Gasteiger partial charge >= 0.3 is 0 Å². The number of nitrogens with one attached hydrogen (secondary N) is 1. The van der Waals surface area contributed by atoms with E-state index in [2.05, 4.69) is 32.7 Å². The minimum absolute atomic E-state index is 0.693. The summed E-state index contributed by atoms with van der Waals surface area (Å²) in [5.74, 6) is 0. The van der Waals surface area contributed by atoms with Crippen LogP contribution in [0.2, 0.25) is 0 Å². The van der Waals surface area contributed by atoms with Gasteiger partial charge in [-0.05, 0) is 19.1 Å². The van der Waals surface area contributed by atoms with Gasteiger partial charge in [-0.15, -0.1) is 11.3 Å². The Hall–Kier alpha value is -2.21. The number of nitrogens with zero attached hydrogens (tertiary/aromatic N) is 4. The van der Waals surface area contributed by atoms with E-state index in [0.29, 0.717) is 6.54 Å². The van der Waals surface area contributed by atoms with Crippen LogP contribution >= 0.6 is 11.3 Å². The van der Waals surface area contributed by atoms with Crippen molar-refractivity contribution in [3.63, 3.8) is 0 Å². The number of aryl methyl sites for hydroxylation is 1. The molecule has 102 valence electrons. The van der Waals surface area contributed by atoms with E-state index in [1.165, 1.54) is 0 Å². The smallest absolute Gasteiger partial charge is 0.142 e. The van der Waals surface area contributed by atoms with Crippen molar-refractivity contribution in [1.82, 2.24) is 19.7 Å². The summed E-state index contributed by atoms with van der Waals surface area (Å²) in [7, 11) is 0. The fraction of sp³-hybridized carbons (Fsp3) is 0.214. The summed E-state index contributed by atoms with van der Waals surface area (Å²) in [6.45, 7) is 3.64. The summed E-state index contributed by atoms with van der Waals surface area (Å²) in [6, 6.07) is 5.85. The average Bonchev–Trinajstić information content (AvgIpc) is 3.15. The van der Waals surface area contributed by atoms with Crippen LogP contribution in [-0.4, -0.2) is 19.7 Å². The van der Waals surface area contributed by atoms with E-state index in [4.69, 9.17) is 0 Å². The van der Waals surface area contributed by atoms with Crippen LogP contribution in [0.5, 0.6) is 0 Å². The lowest BCUT2D eigenvalue weighted by atomic mass is 10.3. The fourth-order valence-corrected chi connectivity index (χ4v) is 2.61.